The molecule has 0 N–H and O–H groups in total. The molecule has 0 aliphatic carbocycles. The molecule has 0 aromatic carbocycles. The Hall–Kier alpha value is -0.470. The fourth-order valence-corrected chi connectivity index (χ4v) is 3.10. The monoisotopic (exact) mass is 238 g/mol. The van der Waals surface area contributed by atoms with Crippen molar-refractivity contribution in [1.82, 2.24) is 0 Å². The van der Waals surface area contributed by atoms with Gasteiger partial charge in [-0.2, -0.15) is 0 Å². The van der Waals surface area contributed by atoms with E-state index in [0.29, 0.717) is 5.92 Å². The molecule has 2 heteroatoms. The molecule has 0 nitrogen and oxygen atoms in total. The second-order valence-electron chi connectivity index (χ2n) is 3.59. The summed E-state index contributed by atoms with van der Waals surface area (Å²) in [6.45, 7) is 8.67. The lowest BCUT2D eigenvalue weighted by Crippen LogP contribution is -1.87. The van der Waals surface area contributed by atoms with E-state index in [0.717, 1.165) is 0 Å². The summed E-state index contributed by atoms with van der Waals surface area (Å²) >= 11 is 3.62. The number of allylic oxidation sites excluding steroid dienone is 2. The molecule has 0 radical (unpaired) electrons. The van der Waals surface area contributed by atoms with Crippen molar-refractivity contribution in [3.63, 3.8) is 0 Å². The number of hydrogen-bond acceptors (Lipinski definition) is 2. The Morgan fingerprint density at radius 3 is 2.60 bits per heavy atom. The Balaban J connectivity index is 2.64. The van der Waals surface area contributed by atoms with Crippen LogP contribution in [-0.2, 0) is 0 Å². The van der Waals surface area contributed by atoms with E-state index < -0.39 is 0 Å². The van der Waals surface area contributed by atoms with Gasteiger partial charge in [-0.15, -0.1) is 23.1 Å². The van der Waals surface area contributed by atoms with Crippen LogP contribution in [0.4, 0.5) is 0 Å². The second kappa shape index (κ2) is 6.19. The molecule has 0 bridgehead atoms. The van der Waals surface area contributed by atoms with Crippen molar-refractivity contribution in [2.45, 2.75) is 33.6 Å². The Morgan fingerprint density at radius 1 is 1.33 bits per heavy atom. The molecule has 82 valence electrons. The van der Waals surface area contributed by atoms with Crippen LogP contribution in [0.3, 0.4) is 0 Å². The summed E-state index contributed by atoms with van der Waals surface area (Å²) in [6.07, 6.45) is 4.32. The SMILES string of the molecule is C/C=C\S/C=C/C(C)c1cc(C)sc1C. The molecule has 1 aromatic rings. The number of aryl methyl sites for hydroxylation is 2. The lowest BCUT2D eigenvalue weighted by atomic mass is 10.0. The van der Waals surface area contributed by atoms with Crippen molar-refractivity contribution in [2.24, 2.45) is 0 Å². The van der Waals surface area contributed by atoms with Crippen molar-refractivity contribution in [2.75, 3.05) is 0 Å². The molecule has 15 heavy (non-hydrogen) atoms. The van der Waals surface area contributed by atoms with Crippen LogP contribution in [0.1, 0.15) is 35.1 Å². The lowest BCUT2D eigenvalue weighted by molar-refractivity contribution is 0.965. The van der Waals surface area contributed by atoms with Gasteiger partial charge in [-0.3, -0.25) is 0 Å². The van der Waals surface area contributed by atoms with Gasteiger partial charge in [0.2, 0.25) is 0 Å². The summed E-state index contributed by atoms with van der Waals surface area (Å²) in [4.78, 5) is 2.85. The topological polar surface area (TPSA) is 0 Å². The molecular weight excluding hydrogens is 220 g/mol. The van der Waals surface area contributed by atoms with Crippen LogP contribution in [0, 0.1) is 13.8 Å². The van der Waals surface area contributed by atoms with Crippen molar-refractivity contribution in [3.8, 4) is 0 Å². The summed E-state index contributed by atoms with van der Waals surface area (Å²) in [7, 11) is 0. The van der Waals surface area contributed by atoms with Gasteiger partial charge in [0.15, 0.2) is 0 Å². The first-order chi connectivity index (χ1) is 7.15. The summed E-state index contributed by atoms with van der Waals surface area (Å²) in [5, 5.41) is 4.26. The largest absolute Gasteiger partial charge is 0.146 e. The summed E-state index contributed by atoms with van der Waals surface area (Å²) in [6, 6.07) is 2.30. The van der Waals surface area contributed by atoms with Crippen LogP contribution >= 0.6 is 23.1 Å². The minimum absolute atomic E-state index is 0.521. The molecule has 1 unspecified atom stereocenters. The van der Waals surface area contributed by atoms with Crippen LogP contribution in [0.2, 0.25) is 0 Å². The Morgan fingerprint density at radius 2 is 2.07 bits per heavy atom. The van der Waals surface area contributed by atoms with Crippen molar-refractivity contribution in [1.29, 1.82) is 0 Å². The van der Waals surface area contributed by atoms with Crippen molar-refractivity contribution >= 4 is 23.1 Å². The third kappa shape index (κ3) is 3.88. The van der Waals surface area contributed by atoms with E-state index in [4.69, 9.17) is 0 Å². The molecule has 0 saturated heterocycles. The first kappa shape index (κ1) is 12.6. The van der Waals surface area contributed by atoms with Crippen molar-refractivity contribution in [3.05, 3.63) is 44.4 Å². The van der Waals surface area contributed by atoms with Gasteiger partial charge in [0.05, 0.1) is 0 Å². The van der Waals surface area contributed by atoms with Gasteiger partial charge < -0.3 is 0 Å². The fraction of sp³-hybridized carbons (Fsp3) is 0.385. The first-order valence-corrected chi connectivity index (χ1v) is 6.91. The van der Waals surface area contributed by atoms with Gasteiger partial charge in [0, 0.05) is 15.7 Å². The molecule has 0 aliphatic rings. The van der Waals surface area contributed by atoms with Gasteiger partial charge in [-0.05, 0) is 43.2 Å². The van der Waals surface area contributed by atoms with E-state index in [9.17, 15) is 0 Å². The highest BCUT2D eigenvalue weighted by atomic mass is 32.2. The van der Waals surface area contributed by atoms with Gasteiger partial charge in [0.1, 0.15) is 0 Å². The molecule has 1 aromatic heterocycles. The van der Waals surface area contributed by atoms with E-state index in [2.05, 4.69) is 49.8 Å². The number of hydrogen-bond donors (Lipinski definition) is 0. The third-order valence-electron chi connectivity index (χ3n) is 2.23. The maximum atomic E-state index is 2.30. The second-order valence-corrected chi connectivity index (χ2v) is 5.87. The molecule has 0 fully saturated rings. The van der Waals surface area contributed by atoms with Crippen molar-refractivity contribution < 1.29 is 0 Å². The van der Waals surface area contributed by atoms with E-state index in [1.54, 1.807) is 11.8 Å². The highest BCUT2D eigenvalue weighted by Gasteiger charge is 2.07. The number of thiophene rings is 1. The number of thioether (sulfide) groups is 1. The van der Waals surface area contributed by atoms with Crippen LogP contribution in [0.25, 0.3) is 0 Å². The normalized spacial score (nSPS) is 14.1. The quantitative estimate of drug-likeness (QED) is 0.690. The maximum Gasteiger partial charge on any atom is 0.00549 e. The Bertz CT molecular complexity index is 359. The Kier molecular flexibility index (Phi) is 5.20. The standard InChI is InChI=1S/C13H18S2/c1-5-7-14-8-6-10(2)13-9-11(3)15-12(13)4/h5-10H,1-4H3/b7-5-,8-6+. The molecule has 1 atom stereocenters. The van der Waals surface area contributed by atoms with Gasteiger partial charge in [0.25, 0.3) is 0 Å². The van der Waals surface area contributed by atoms with Crippen LogP contribution < -0.4 is 0 Å². The number of rotatable bonds is 4. The average Bonchev–Trinajstić information content (AvgIpc) is 2.52. The zero-order valence-electron chi connectivity index (χ0n) is 9.78. The molecule has 0 amide bonds. The van der Waals surface area contributed by atoms with Crippen LogP contribution in [0.5, 0.6) is 0 Å². The fourth-order valence-electron chi connectivity index (χ4n) is 1.49. The molecule has 0 spiro atoms. The van der Waals surface area contributed by atoms with E-state index >= 15 is 0 Å². The molecule has 0 saturated carbocycles. The molecule has 1 rings (SSSR count). The minimum atomic E-state index is 0.521. The highest BCUT2D eigenvalue weighted by molar-refractivity contribution is 8.04. The molecule has 0 aliphatic heterocycles. The zero-order valence-corrected chi connectivity index (χ0v) is 11.4. The van der Waals surface area contributed by atoms with E-state index in [-0.39, 0.29) is 0 Å². The summed E-state index contributed by atoms with van der Waals surface area (Å²) in [5.41, 5.74) is 1.47. The molecule has 1 heterocycles. The zero-order chi connectivity index (χ0) is 11.3. The third-order valence-corrected chi connectivity index (χ3v) is 3.96. The average molecular weight is 238 g/mol. The van der Waals surface area contributed by atoms with E-state index in [1.807, 2.05) is 18.3 Å². The first-order valence-electron chi connectivity index (χ1n) is 5.15. The minimum Gasteiger partial charge on any atom is -0.146 e. The highest BCUT2D eigenvalue weighted by Crippen LogP contribution is 2.28. The van der Waals surface area contributed by atoms with Crippen LogP contribution in [-0.4, -0.2) is 0 Å². The predicted molar refractivity (Wildman–Crippen MR) is 73.8 cm³/mol. The maximum absolute atomic E-state index is 2.30. The van der Waals surface area contributed by atoms with Gasteiger partial charge in [-0.25, -0.2) is 0 Å². The smallest absolute Gasteiger partial charge is 0.00549 e. The van der Waals surface area contributed by atoms with Crippen LogP contribution in [0.15, 0.2) is 29.0 Å². The summed E-state index contributed by atoms with van der Waals surface area (Å²) in [5.74, 6) is 0.521. The van der Waals surface area contributed by atoms with E-state index in [1.165, 1.54) is 15.3 Å². The Labute approximate surface area is 101 Å². The lowest BCUT2D eigenvalue weighted by Gasteiger charge is -2.04. The van der Waals surface area contributed by atoms with Gasteiger partial charge in [-0.1, -0.05) is 19.1 Å². The predicted octanol–water partition coefficient (Wildman–Crippen LogP) is 5.25. The molecular formula is C13H18S2. The van der Waals surface area contributed by atoms with Gasteiger partial charge >= 0.3 is 0 Å². The summed E-state index contributed by atoms with van der Waals surface area (Å²) < 4.78 is 0.